The molecule has 0 radical (unpaired) electrons. The summed E-state index contributed by atoms with van der Waals surface area (Å²) in [6.45, 7) is 2.52. The smallest absolute Gasteiger partial charge is 0.261 e. The highest BCUT2D eigenvalue weighted by atomic mass is 32.1. The van der Waals surface area contributed by atoms with Crippen molar-refractivity contribution in [3.63, 3.8) is 0 Å². The molecule has 2 heterocycles. The molecule has 0 aliphatic carbocycles. The van der Waals surface area contributed by atoms with E-state index in [1.54, 1.807) is 19.2 Å². The Morgan fingerprint density at radius 2 is 2.00 bits per heavy atom. The molecular formula is C23H19FN2O2S. The second-order valence-corrected chi connectivity index (χ2v) is 7.66. The van der Waals surface area contributed by atoms with Gasteiger partial charge in [-0.2, -0.15) is 0 Å². The normalized spacial score (nSPS) is 10.8. The van der Waals surface area contributed by atoms with Crippen LogP contribution in [-0.4, -0.2) is 10.9 Å². The first-order chi connectivity index (χ1) is 14.1. The van der Waals surface area contributed by atoms with E-state index >= 15 is 0 Å². The van der Waals surface area contributed by atoms with E-state index < -0.39 is 0 Å². The zero-order valence-electron chi connectivity index (χ0n) is 15.8. The number of aryl methyl sites for hydroxylation is 1. The monoisotopic (exact) mass is 406 g/mol. The molecule has 2 aromatic heterocycles. The average Bonchev–Trinajstić information content (AvgIpc) is 3.09. The van der Waals surface area contributed by atoms with E-state index in [2.05, 4.69) is 10.3 Å². The second kappa shape index (κ2) is 8.41. The SMILES string of the molecule is Cc1c(C(=O)NCc2cccc(OCc3ccccn3)c2)sc2cccc(F)c12. The molecule has 4 rings (SSSR count). The number of amides is 1. The molecule has 0 unspecified atom stereocenters. The molecule has 0 bridgehead atoms. The van der Waals surface area contributed by atoms with Crippen molar-refractivity contribution in [2.45, 2.75) is 20.1 Å². The van der Waals surface area contributed by atoms with E-state index in [1.807, 2.05) is 48.5 Å². The lowest BCUT2D eigenvalue weighted by Gasteiger charge is -2.09. The molecule has 146 valence electrons. The Kier molecular flexibility index (Phi) is 5.53. The summed E-state index contributed by atoms with van der Waals surface area (Å²) in [5, 5.41) is 3.44. The van der Waals surface area contributed by atoms with Crippen LogP contribution in [0.1, 0.15) is 26.5 Å². The summed E-state index contributed by atoms with van der Waals surface area (Å²) < 4.78 is 20.6. The van der Waals surface area contributed by atoms with Gasteiger partial charge in [0.1, 0.15) is 18.2 Å². The van der Waals surface area contributed by atoms with Gasteiger partial charge in [0.2, 0.25) is 0 Å². The number of aromatic nitrogens is 1. The molecule has 1 N–H and O–H groups in total. The number of hydrogen-bond acceptors (Lipinski definition) is 4. The Morgan fingerprint density at radius 1 is 1.14 bits per heavy atom. The molecule has 6 heteroatoms. The molecule has 0 saturated carbocycles. The highest BCUT2D eigenvalue weighted by molar-refractivity contribution is 7.21. The topological polar surface area (TPSA) is 51.2 Å². The maximum atomic E-state index is 14.1. The highest BCUT2D eigenvalue weighted by Crippen LogP contribution is 2.32. The maximum absolute atomic E-state index is 14.1. The van der Waals surface area contributed by atoms with Gasteiger partial charge in [0.05, 0.1) is 10.6 Å². The van der Waals surface area contributed by atoms with E-state index in [1.165, 1.54) is 17.4 Å². The predicted octanol–water partition coefficient (Wildman–Crippen LogP) is 5.25. The van der Waals surface area contributed by atoms with Crippen LogP contribution >= 0.6 is 11.3 Å². The summed E-state index contributed by atoms with van der Waals surface area (Å²) in [5.41, 5.74) is 2.44. The van der Waals surface area contributed by atoms with Crippen LogP contribution in [0, 0.1) is 12.7 Å². The number of rotatable bonds is 6. The summed E-state index contributed by atoms with van der Waals surface area (Å²) in [6, 6.07) is 18.1. The lowest BCUT2D eigenvalue weighted by Crippen LogP contribution is -2.22. The molecule has 0 aliphatic heterocycles. The number of carbonyl (C=O) groups excluding carboxylic acids is 1. The third-order valence-corrected chi connectivity index (χ3v) is 5.83. The molecule has 4 aromatic rings. The Labute approximate surface area is 172 Å². The van der Waals surface area contributed by atoms with Gasteiger partial charge in [-0.05, 0) is 54.4 Å². The largest absolute Gasteiger partial charge is 0.487 e. The van der Waals surface area contributed by atoms with Crippen LogP contribution < -0.4 is 10.1 Å². The fourth-order valence-electron chi connectivity index (χ4n) is 3.12. The first kappa shape index (κ1) is 19.1. The van der Waals surface area contributed by atoms with Gasteiger partial charge >= 0.3 is 0 Å². The van der Waals surface area contributed by atoms with Gasteiger partial charge in [0, 0.05) is 22.8 Å². The number of halogens is 1. The van der Waals surface area contributed by atoms with Crippen molar-refractivity contribution in [1.29, 1.82) is 0 Å². The van der Waals surface area contributed by atoms with Gasteiger partial charge in [-0.1, -0.05) is 24.3 Å². The zero-order chi connectivity index (χ0) is 20.2. The lowest BCUT2D eigenvalue weighted by molar-refractivity contribution is 0.0954. The molecule has 0 atom stereocenters. The van der Waals surface area contributed by atoms with E-state index in [9.17, 15) is 9.18 Å². The van der Waals surface area contributed by atoms with Crippen molar-refractivity contribution in [3.8, 4) is 5.75 Å². The highest BCUT2D eigenvalue weighted by Gasteiger charge is 2.17. The van der Waals surface area contributed by atoms with Crippen molar-refractivity contribution >= 4 is 27.3 Å². The number of benzene rings is 2. The minimum Gasteiger partial charge on any atom is -0.487 e. The van der Waals surface area contributed by atoms with Crippen LogP contribution in [0.3, 0.4) is 0 Å². The summed E-state index contributed by atoms with van der Waals surface area (Å²) in [7, 11) is 0. The van der Waals surface area contributed by atoms with Crippen molar-refractivity contribution < 1.29 is 13.9 Å². The van der Waals surface area contributed by atoms with E-state index in [0.29, 0.717) is 34.7 Å². The van der Waals surface area contributed by atoms with Crippen molar-refractivity contribution in [2.24, 2.45) is 0 Å². The number of ether oxygens (including phenoxy) is 1. The van der Waals surface area contributed by atoms with Crippen LogP contribution in [-0.2, 0) is 13.2 Å². The van der Waals surface area contributed by atoms with Crippen molar-refractivity contribution in [3.05, 3.63) is 94.4 Å². The fourth-order valence-corrected chi connectivity index (χ4v) is 4.26. The number of carbonyl (C=O) groups is 1. The number of fused-ring (bicyclic) bond motifs is 1. The van der Waals surface area contributed by atoms with Gasteiger partial charge in [-0.15, -0.1) is 11.3 Å². The molecule has 1 amide bonds. The summed E-state index contributed by atoms with van der Waals surface area (Å²) in [4.78, 5) is 17.4. The quantitative estimate of drug-likeness (QED) is 0.476. The second-order valence-electron chi connectivity index (χ2n) is 6.61. The maximum Gasteiger partial charge on any atom is 0.261 e. The van der Waals surface area contributed by atoms with E-state index in [-0.39, 0.29) is 11.7 Å². The number of nitrogens with one attached hydrogen (secondary N) is 1. The predicted molar refractivity (Wildman–Crippen MR) is 113 cm³/mol. The standard InChI is InChI=1S/C23H19FN2O2S/c1-15-21-19(24)9-5-10-20(21)29-22(15)23(27)26-13-16-6-4-8-18(12-16)28-14-17-7-2-3-11-25-17/h2-12H,13-14H2,1H3,(H,26,27). The Bertz CT molecular complexity index is 1160. The van der Waals surface area contributed by atoms with Gasteiger partial charge in [-0.25, -0.2) is 4.39 Å². The van der Waals surface area contributed by atoms with Crippen LogP contribution in [0.15, 0.2) is 66.9 Å². The Hall–Kier alpha value is -3.25. The zero-order valence-corrected chi connectivity index (χ0v) is 16.6. The third-order valence-electron chi connectivity index (χ3n) is 4.57. The Morgan fingerprint density at radius 3 is 2.79 bits per heavy atom. The van der Waals surface area contributed by atoms with Gasteiger partial charge < -0.3 is 10.1 Å². The molecule has 0 fully saturated rings. The number of nitrogens with zero attached hydrogens (tertiary/aromatic N) is 1. The molecular weight excluding hydrogens is 387 g/mol. The molecule has 4 nitrogen and oxygen atoms in total. The molecule has 0 spiro atoms. The van der Waals surface area contributed by atoms with E-state index in [4.69, 9.17) is 4.74 Å². The minimum atomic E-state index is -0.298. The van der Waals surface area contributed by atoms with Crippen LogP contribution in [0.4, 0.5) is 4.39 Å². The fraction of sp³-hybridized carbons (Fsp3) is 0.130. The third kappa shape index (κ3) is 4.27. The number of pyridine rings is 1. The summed E-state index contributed by atoms with van der Waals surface area (Å²) in [6.07, 6.45) is 1.73. The average molecular weight is 406 g/mol. The number of hydrogen-bond donors (Lipinski definition) is 1. The first-order valence-electron chi connectivity index (χ1n) is 9.19. The molecule has 0 aliphatic rings. The number of thiophene rings is 1. The minimum absolute atomic E-state index is 0.206. The van der Waals surface area contributed by atoms with Crippen LogP contribution in [0.5, 0.6) is 5.75 Å². The summed E-state index contributed by atoms with van der Waals surface area (Å²) >= 11 is 1.31. The van der Waals surface area contributed by atoms with Gasteiger partial charge in [0.15, 0.2) is 0 Å². The van der Waals surface area contributed by atoms with Crippen molar-refractivity contribution in [1.82, 2.24) is 10.3 Å². The van der Waals surface area contributed by atoms with Crippen LogP contribution in [0.2, 0.25) is 0 Å². The molecule has 29 heavy (non-hydrogen) atoms. The van der Waals surface area contributed by atoms with Crippen molar-refractivity contribution in [2.75, 3.05) is 0 Å². The van der Waals surface area contributed by atoms with Crippen LogP contribution in [0.25, 0.3) is 10.1 Å². The van der Waals surface area contributed by atoms with E-state index in [0.717, 1.165) is 16.0 Å². The molecule has 2 aromatic carbocycles. The van der Waals surface area contributed by atoms with Gasteiger partial charge in [-0.3, -0.25) is 9.78 Å². The summed E-state index contributed by atoms with van der Waals surface area (Å²) in [5.74, 6) is 0.207. The Balaban J connectivity index is 1.42. The first-order valence-corrected chi connectivity index (χ1v) is 10.0. The molecule has 0 saturated heterocycles. The lowest BCUT2D eigenvalue weighted by atomic mass is 10.1. The van der Waals surface area contributed by atoms with Gasteiger partial charge in [0.25, 0.3) is 5.91 Å².